The van der Waals surface area contributed by atoms with Crippen LogP contribution in [0.2, 0.25) is 0 Å². The van der Waals surface area contributed by atoms with Crippen molar-refractivity contribution >= 4 is 22.0 Å². The van der Waals surface area contributed by atoms with Crippen LogP contribution in [0, 0.1) is 11.3 Å². The molecule has 0 fully saturated rings. The van der Waals surface area contributed by atoms with Gasteiger partial charge in [0.05, 0.1) is 11.6 Å². The maximum atomic E-state index is 12.0. The van der Waals surface area contributed by atoms with Gasteiger partial charge in [0.1, 0.15) is 5.75 Å². The zero-order valence-electron chi connectivity index (χ0n) is 13.9. The fourth-order valence-corrected chi connectivity index (χ4v) is 2.50. The monoisotopic (exact) mass is 371 g/mol. The van der Waals surface area contributed by atoms with E-state index in [0.717, 1.165) is 5.41 Å². The van der Waals surface area contributed by atoms with Gasteiger partial charge in [-0.2, -0.15) is 5.26 Å². The Morgan fingerprint density at radius 2 is 1.81 bits per heavy atom. The molecule has 0 spiro atoms. The molecule has 8 heteroatoms. The van der Waals surface area contributed by atoms with Crippen LogP contribution in [-0.2, 0) is 14.8 Å². The van der Waals surface area contributed by atoms with Crippen molar-refractivity contribution in [2.24, 2.45) is 0 Å². The van der Waals surface area contributed by atoms with Gasteiger partial charge in [-0.25, -0.2) is 8.42 Å². The van der Waals surface area contributed by atoms with E-state index >= 15 is 0 Å². The molecule has 0 aliphatic rings. The number of nitrogens with one attached hydrogen (secondary N) is 2. The van der Waals surface area contributed by atoms with Crippen molar-refractivity contribution < 1.29 is 17.9 Å². The van der Waals surface area contributed by atoms with Crippen LogP contribution >= 0.6 is 0 Å². The predicted octanol–water partition coefficient (Wildman–Crippen LogP) is 1.95. The summed E-state index contributed by atoms with van der Waals surface area (Å²) in [5, 5.41) is 9.69. The molecule has 0 aromatic heterocycles. The van der Waals surface area contributed by atoms with E-state index < -0.39 is 22.0 Å². The molecule has 0 heterocycles. The highest BCUT2D eigenvalue weighted by molar-refractivity contribution is 7.92. The number of nitrogens with zero attached hydrogens (tertiary/aromatic N) is 1. The Morgan fingerprint density at radius 1 is 1.15 bits per heavy atom. The zero-order valence-corrected chi connectivity index (χ0v) is 14.7. The van der Waals surface area contributed by atoms with Gasteiger partial charge in [0, 0.05) is 5.41 Å². The van der Waals surface area contributed by atoms with E-state index in [0.29, 0.717) is 16.9 Å². The van der Waals surface area contributed by atoms with Gasteiger partial charge in [0.2, 0.25) is 0 Å². The molecular formula is C18H17N3O4S. The lowest BCUT2D eigenvalue weighted by atomic mass is 10.2. The molecule has 0 saturated heterocycles. The molecule has 1 atom stereocenters. The van der Waals surface area contributed by atoms with Crippen molar-refractivity contribution in [1.29, 1.82) is 5.26 Å². The number of hydrogen-bond donors (Lipinski definition) is 2. The van der Waals surface area contributed by atoms with Crippen LogP contribution in [0.5, 0.6) is 5.75 Å². The van der Waals surface area contributed by atoms with Crippen molar-refractivity contribution in [1.82, 2.24) is 10.3 Å². The Labute approximate surface area is 151 Å². The minimum absolute atomic E-state index is 0.387. The van der Waals surface area contributed by atoms with E-state index in [-0.39, 0.29) is 0 Å². The number of hydrazine groups is 1. The van der Waals surface area contributed by atoms with Crippen molar-refractivity contribution in [2.45, 2.75) is 13.0 Å². The second kappa shape index (κ2) is 8.80. The zero-order chi connectivity index (χ0) is 19.0. The summed E-state index contributed by atoms with van der Waals surface area (Å²) < 4.78 is 29.1. The number of carbonyl (C=O) groups is 1. The largest absolute Gasteiger partial charge is 0.481 e. The van der Waals surface area contributed by atoms with Crippen LogP contribution in [0.25, 0.3) is 6.08 Å². The first-order valence-corrected chi connectivity index (χ1v) is 9.16. The molecule has 0 saturated carbocycles. The molecule has 0 unspecified atom stereocenters. The van der Waals surface area contributed by atoms with E-state index in [1.807, 2.05) is 17.0 Å². The molecule has 0 bridgehead atoms. The van der Waals surface area contributed by atoms with E-state index in [4.69, 9.17) is 10.00 Å². The lowest BCUT2D eigenvalue weighted by Gasteiger charge is -2.14. The molecule has 0 aliphatic carbocycles. The Morgan fingerprint density at radius 3 is 2.42 bits per heavy atom. The Kier molecular flexibility index (Phi) is 6.49. The highest BCUT2D eigenvalue weighted by Gasteiger charge is 2.16. The number of rotatable bonds is 7. The van der Waals surface area contributed by atoms with E-state index in [1.165, 1.54) is 13.0 Å². The molecule has 2 rings (SSSR count). The summed E-state index contributed by atoms with van der Waals surface area (Å²) in [6, 6.07) is 17.1. The van der Waals surface area contributed by atoms with Crippen molar-refractivity contribution in [3.05, 3.63) is 71.1 Å². The minimum atomic E-state index is -3.84. The van der Waals surface area contributed by atoms with Gasteiger partial charge in [-0.3, -0.25) is 10.2 Å². The second-order valence-corrected chi connectivity index (χ2v) is 6.81. The summed E-state index contributed by atoms with van der Waals surface area (Å²) in [5.41, 5.74) is 3.27. The Hall–Kier alpha value is -3.15. The Bertz CT molecular complexity index is 917. The third kappa shape index (κ3) is 6.05. The number of benzene rings is 2. The van der Waals surface area contributed by atoms with Gasteiger partial charge in [-0.1, -0.05) is 30.3 Å². The fraction of sp³-hybridized carbons (Fsp3) is 0.111. The number of hydrogen-bond acceptors (Lipinski definition) is 5. The molecule has 134 valence electrons. The maximum absolute atomic E-state index is 12.0. The van der Waals surface area contributed by atoms with Crippen LogP contribution < -0.4 is 15.0 Å². The van der Waals surface area contributed by atoms with Crippen molar-refractivity contribution in [3.63, 3.8) is 0 Å². The quantitative estimate of drug-likeness (QED) is 0.723. The fourth-order valence-electron chi connectivity index (χ4n) is 1.86. The third-order valence-electron chi connectivity index (χ3n) is 3.22. The molecule has 2 aromatic rings. The van der Waals surface area contributed by atoms with Crippen LogP contribution in [0.15, 0.2) is 60.0 Å². The molecule has 0 aliphatic heterocycles. The lowest BCUT2D eigenvalue weighted by Crippen LogP contribution is -2.46. The van der Waals surface area contributed by atoms with Gasteiger partial charge in [0.15, 0.2) is 6.10 Å². The van der Waals surface area contributed by atoms with Crippen LogP contribution in [0.3, 0.4) is 0 Å². The first-order valence-electron chi connectivity index (χ1n) is 7.61. The van der Waals surface area contributed by atoms with E-state index in [1.54, 1.807) is 48.5 Å². The van der Waals surface area contributed by atoms with Crippen molar-refractivity contribution in [3.8, 4) is 11.8 Å². The average Bonchev–Trinajstić information content (AvgIpc) is 2.66. The van der Waals surface area contributed by atoms with Gasteiger partial charge in [-0.05, 0) is 42.8 Å². The number of sulfonamides is 1. The minimum Gasteiger partial charge on any atom is -0.481 e. The summed E-state index contributed by atoms with van der Waals surface area (Å²) >= 11 is 0. The van der Waals surface area contributed by atoms with Crippen molar-refractivity contribution in [2.75, 3.05) is 0 Å². The van der Waals surface area contributed by atoms with Crippen LogP contribution in [0.4, 0.5) is 0 Å². The molecular weight excluding hydrogens is 354 g/mol. The molecule has 1 amide bonds. The topological polar surface area (TPSA) is 108 Å². The summed E-state index contributed by atoms with van der Waals surface area (Å²) in [7, 11) is -3.84. The van der Waals surface area contributed by atoms with Gasteiger partial charge >= 0.3 is 0 Å². The van der Waals surface area contributed by atoms with Gasteiger partial charge < -0.3 is 4.74 Å². The van der Waals surface area contributed by atoms with Crippen LogP contribution in [0.1, 0.15) is 18.1 Å². The standard InChI is InChI=1S/C18H17N3O4S/c1-14(25-17-9-7-16(13-19)8-10-17)18(22)20-21-26(23,24)12-11-15-5-3-2-4-6-15/h2-12,14,21H,1H3,(H,20,22)/b12-11+/t14-/m1/s1. The predicted molar refractivity (Wildman–Crippen MR) is 96.9 cm³/mol. The van der Waals surface area contributed by atoms with Crippen LogP contribution in [-0.4, -0.2) is 20.4 Å². The normalized spacial score (nSPS) is 12.3. The molecule has 7 nitrogen and oxygen atoms in total. The average molecular weight is 371 g/mol. The van der Waals surface area contributed by atoms with Gasteiger partial charge in [0.25, 0.3) is 15.9 Å². The second-order valence-electron chi connectivity index (χ2n) is 5.25. The molecule has 2 N–H and O–H groups in total. The van der Waals surface area contributed by atoms with E-state index in [9.17, 15) is 13.2 Å². The lowest BCUT2D eigenvalue weighted by molar-refractivity contribution is -0.127. The number of amides is 1. The summed E-state index contributed by atoms with van der Waals surface area (Å²) in [6.45, 7) is 1.47. The molecule has 26 heavy (non-hydrogen) atoms. The first kappa shape index (κ1) is 19.2. The molecule has 0 radical (unpaired) electrons. The number of carbonyl (C=O) groups excluding carboxylic acids is 1. The summed E-state index contributed by atoms with van der Waals surface area (Å²) in [6.07, 6.45) is 0.467. The first-order chi connectivity index (χ1) is 12.4. The maximum Gasteiger partial charge on any atom is 0.275 e. The summed E-state index contributed by atoms with van der Waals surface area (Å²) in [5.74, 6) is -0.274. The number of nitriles is 1. The smallest absolute Gasteiger partial charge is 0.275 e. The molecule has 2 aromatic carbocycles. The van der Waals surface area contributed by atoms with Gasteiger partial charge in [-0.15, -0.1) is 4.83 Å². The Balaban J connectivity index is 1.88. The van der Waals surface area contributed by atoms with E-state index in [2.05, 4.69) is 5.43 Å². The number of ether oxygens (including phenoxy) is 1. The SMILES string of the molecule is C[C@@H](Oc1ccc(C#N)cc1)C(=O)NNS(=O)(=O)/C=C/c1ccccc1. The third-order valence-corrected chi connectivity index (χ3v) is 4.10. The summed E-state index contributed by atoms with van der Waals surface area (Å²) in [4.78, 5) is 13.9. The highest BCUT2D eigenvalue weighted by atomic mass is 32.2. The highest BCUT2D eigenvalue weighted by Crippen LogP contribution is 2.13.